The zero-order valence-electron chi connectivity index (χ0n) is 17.4. The van der Waals surface area contributed by atoms with Gasteiger partial charge in [0.2, 0.25) is 5.82 Å². The second kappa shape index (κ2) is 7.16. The van der Waals surface area contributed by atoms with E-state index in [0.717, 1.165) is 27.8 Å². The Morgan fingerprint density at radius 2 is 1.94 bits per heavy atom. The third-order valence-corrected chi connectivity index (χ3v) is 5.93. The molecule has 3 aromatic rings. The van der Waals surface area contributed by atoms with Gasteiger partial charge in [-0.15, -0.1) is 0 Å². The Labute approximate surface area is 180 Å². The van der Waals surface area contributed by atoms with Gasteiger partial charge in [0.25, 0.3) is 11.8 Å². The van der Waals surface area contributed by atoms with E-state index in [-0.39, 0.29) is 17.7 Å². The topological polar surface area (TPSA) is 94.4 Å². The van der Waals surface area contributed by atoms with E-state index in [4.69, 9.17) is 10.3 Å². The molecule has 2 atom stereocenters. The number of fused-ring (bicyclic) bond motifs is 1. The van der Waals surface area contributed by atoms with Crippen LogP contribution in [-0.2, 0) is 4.79 Å². The van der Waals surface area contributed by atoms with Gasteiger partial charge >= 0.3 is 0 Å². The molecular formula is C25H22N4O2. The standard InChI is InChI=1S/C25H22N4O2/c1-15-6-3-8-17(12-15)21(26)27-24(30)25-11-5-10-19(20(25)14-25)23-28-22(29-31-23)18-9-4-7-16(2)13-18/h3-13,20H,14H2,1-2H3,(H2,26,27,30). The molecule has 6 nitrogen and oxygen atoms in total. The summed E-state index contributed by atoms with van der Waals surface area (Å²) in [6.07, 6.45) is 6.37. The molecule has 0 spiro atoms. The molecule has 2 aromatic carbocycles. The van der Waals surface area contributed by atoms with E-state index in [9.17, 15) is 4.79 Å². The van der Waals surface area contributed by atoms with Crippen molar-refractivity contribution in [2.75, 3.05) is 0 Å². The number of amides is 1. The Kier molecular flexibility index (Phi) is 4.43. The minimum absolute atomic E-state index is 0.0372. The van der Waals surface area contributed by atoms with Gasteiger partial charge in [0.1, 0.15) is 5.84 Å². The normalized spacial score (nSPS) is 22.1. The monoisotopic (exact) mass is 410 g/mol. The van der Waals surface area contributed by atoms with Gasteiger partial charge in [0.15, 0.2) is 0 Å². The van der Waals surface area contributed by atoms with Crippen LogP contribution in [0.2, 0.25) is 0 Å². The van der Waals surface area contributed by atoms with Crippen LogP contribution in [0.5, 0.6) is 0 Å². The van der Waals surface area contributed by atoms with Gasteiger partial charge in [-0.3, -0.25) is 4.79 Å². The van der Waals surface area contributed by atoms with Crippen molar-refractivity contribution >= 4 is 17.3 Å². The lowest BCUT2D eigenvalue weighted by molar-refractivity contribution is -0.121. The van der Waals surface area contributed by atoms with Crippen molar-refractivity contribution in [2.24, 2.45) is 22.1 Å². The number of hydrogen-bond donors (Lipinski definition) is 1. The van der Waals surface area contributed by atoms with E-state index in [1.807, 2.05) is 80.6 Å². The maximum atomic E-state index is 13.1. The van der Waals surface area contributed by atoms with E-state index >= 15 is 0 Å². The molecular weight excluding hydrogens is 388 g/mol. The fourth-order valence-corrected chi connectivity index (χ4v) is 4.14. The Morgan fingerprint density at radius 1 is 1.16 bits per heavy atom. The number of benzene rings is 2. The van der Waals surface area contributed by atoms with E-state index in [0.29, 0.717) is 18.1 Å². The SMILES string of the molecule is Cc1cccc(C(N)=NC(=O)C23C=CC=C(c4nc(-c5cccc(C)c5)no4)C2C3)c1. The highest BCUT2D eigenvalue weighted by Gasteiger charge is 2.61. The van der Waals surface area contributed by atoms with Crippen molar-refractivity contribution in [1.82, 2.24) is 10.1 Å². The summed E-state index contributed by atoms with van der Waals surface area (Å²) in [5.74, 6) is 0.934. The smallest absolute Gasteiger partial charge is 0.258 e. The molecule has 5 rings (SSSR count). The molecule has 0 aliphatic heterocycles. The molecule has 0 bridgehead atoms. The third-order valence-electron chi connectivity index (χ3n) is 5.93. The summed E-state index contributed by atoms with van der Waals surface area (Å²) in [4.78, 5) is 21.9. The molecule has 1 aromatic heterocycles. The Morgan fingerprint density at radius 3 is 2.71 bits per heavy atom. The first-order chi connectivity index (χ1) is 15.0. The van der Waals surface area contributed by atoms with Crippen molar-refractivity contribution < 1.29 is 9.32 Å². The first-order valence-corrected chi connectivity index (χ1v) is 10.2. The lowest BCUT2D eigenvalue weighted by Crippen LogP contribution is -2.22. The molecule has 1 amide bonds. The number of aromatic nitrogens is 2. The van der Waals surface area contributed by atoms with E-state index in [1.165, 1.54) is 0 Å². The highest BCUT2D eigenvalue weighted by molar-refractivity contribution is 6.07. The zero-order valence-corrected chi connectivity index (χ0v) is 17.4. The van der Waals surface area contributed by atoms with Gasteiger partial charge in [0.05, 0.1) is 5.41 Å². The van der Waals surface area contributed by atoms with Gasteiger partial charge in [0, 0.05) is 22.6 Å². The van der Waals surface area contributed by atoms with Gasteiger partial charge in [-0.1, -0.05) is 70.9 Å². The second-order valence-corrected chi connectivity index (χ2v) is 8.24. The number of aryl methyl sites for hydroxylation is 2. The summed E-state index contributed by atoms with van der Waals surface area (Å²) in [6, 6.07) is 15.6. The number of allylic oxidation sites excluding steroid dienone is 3. The number of nitrogens with zero attached hydrogens (tertiary/aromatic N) is 3. The van der Waals surface area contributed by atoms with Gasteiger partial charge in [-0.05, 0) is 32.4 Å². The van der Waals surface area contributed by atoms with Crippen LogP contribution in [0.4, 0.5) is 0 Å². The van der Waals surface area contributed by atoms with Gasteiger partial charge in [-0.25, -0.2) is 0 Å². The minimum Gasteiger partial charge on any atom is -0.383 e. The molecule has 2 aliphatic rings. The summed E-state index contributed by atoms with van der Waals surface area (Å²) in [5.41, 5.74) is 10.1. The number of amidine groups is 1. The maximum absolute atomic E-state index is 13.1. The molecule has 0 radical (unpaired) electrons. The van der Waals surface area contributed by atoms with E-state index in [2.05, 4.69) is 15.1 Å². The highest BCUT2D eigenvalue weighted by atomic mass is 16.5. The average molecular weight is 410 g/mol. The molecule has 0 saturated heterocycles. The average Bonchev–Trinajstić information content (AvgIpc) is 3.34. The molecule has 1 saturated carbocycles. The summed E-state index contributed by atoms with van der Waals surface area (Å²) < 4.78 is 5.55. The molecule has 31 heavy (non-hydrogen) atoms. The van der Waals surface area contributed by atoms with Crippen LogP contribution in [0.25, 0.3) is 17.0 Å². The lowest BCUT2D eigenvalue weighted by atomic mass is 9.93. The third kappa shape index (κ3) is 3.40. The van der Waals surface area contributed by atoms with Crippen molar-refractivity contribution in [3.63, 3.8) is 0 Å². The lowest BCUT2D eigenvalue weighted by Gasteiger charge is -2.13. The molecule has 1 fully saturated rings. The molecule has 2 aliphatic carbocycles. The Bertz CT molecular complexity index is 1280. The molecule has 2 unspecified atom stereocenters. The number of carbonyl (C=O) groups excluding carboxylic acids is 1. The first kappa shape index (κ1) is 19.2. The van der Waals surface area contributed by atoms with Crippen LogP contribution in [0.15, 0.2) is 76.3 Å². The molecule has 1 heterocycles. The van der Waals surface area contributed by atoms with Crippen molar-refractivity contribution in [1.29, 1.82) is 0 Å². The fraction of sp³-hybridized carbons (Fsp3) is 0.200. The van der Waals surface area contributed by atoms with Crippen molar-refractivity contribution in [3.05, 3.63) is 89.3 Å². The van der Waals surface area contributed by atoms with E-state index in [1.54, 1.807) is 0 Å². The molecule has 154 valence electrons. The number of carbonyl (C=O) groups is 1. The van der Waals surface area contributed by atoms with Crippen LogP contribution >= 0.6 is 0 Å². The van der Waals surface area contributed by atoms with Crippen molar-refractivity contribution in [2.45, 2.75) is 20.3 Å². The maximum Gasteiger partial charge on any atom is 0.258 e. The highest BCUT2D eigenvalue weighted by Crippen LogP contribution is 2.62. The Balaban J connectivity index is 1.39. The van der Waals surface area contributed by atoms with Crippen molar-refractivity contribution in [3.8, 4) is 11.4 Å². The second-order valence-electron chi connectivity index (χ2n) is 8.24. The van der Waals surface area contributed by atoms with Gasteiger partial charge in [-0.2, -0.15) is 9.98 Å². The summed E-state index contributed by atoms with van der Waals surface area (Å²) >= 11 is 0. The summed E-state index contributed by atoms with van der Waals surface area (Å²) in [6.45, 7) is 4.00. The predicted octanol–water partition coefficient (Wildman–Crippen LogP) is 4.25. The number of aliphatic imine (C=N–C) groups is 1. The Hall–Kier alpha value is -3.80. The number of rotatable bonds is 4. The van der Waals surface area contributed by atoms with Crippen LogP contribution in [0, 0.1) is 25.2 Å². The van der Waals surface area contributed by atoms with E-state index < -0.39 is 5.41 Å². The molecule has 2 N–H and O–H groups in total. The summed E-state index contributed by atoms with van der Waals surface area (Å²) in [5, 5.41) is 4.14. The van der Waals surface area contributed by atoms with Crippen LogP contribution in [0.1, 0.15) is 29.0 Å². The fourth-order valence-electron chi connectivity index (χ4n) is 4.14. The predicted molar refractivity (Wildman–Crippen MR) is 119 cm³/mol. The van der Waals surface area contributed by atoms with Gasteiger partial charge < -0.3 is 10.3 Å². The quantitative estimate of drug-likeness (QED) is 0.513. The summed E-state index contributed by atoms with van der Waals surface area (Å²) in [7, 11) is 0. The van der Waals surface area contributed by atoms with Crippen LogP contribution in [-0.4, -0.2) is 21.9 Å². The van der Waals surface area contributed by atoms with Crippen LogP contribution < -0.4 is 5.73 Å². The number of hydrogen-bond acceptors (Lipinski definition) is 4. The first-order valence-electron chi connectivity index (χ1n) is 10.2. The largest absolute Gasteiger partial charge is 0.383 e. The number of nitrogens with two attached hydrogens (primary N) is 1. The minimum atomic E-state index is -0.684. The van der Waals surface area contributed by atoms with Crippen LogP contribution in [0.3, 0.4) is 0 Å². The molecule has 6 heteroatoms. The zero-order chi connectivity index (χ0) is 21.6.